The first-order valence-electron chi connectivity index (χ1n) is 5.23. The number of hydrogen-bond donors (Lipinski definition) is 2. The molecular formula is C11H16N4O. The molecule has 0 fully saturated rings. The molecule has 0 spiro atoms. The van der Waals surface area contributed by atoms with E-state index in [-0.39, 0.29) is 5.91 Å². The van der Waals surface area contributed by atoms with Crippen molar-refractivity contribution in [2.45, 2.75) is 13.3 Å². The van der Waals surface area contributed by atoms with Gasteiger partial charge in [-0.1, -0.05) is 13.0 Å². The lowest BCUT2D eigenvalue weighted by Gasteiger charge is -2.04. The van der Waals surface area contributed by atoms with Gasteiger partial charge < -0.3 is 10.6 Å². The average Bonchev–Trinajstić information content (AvgIpc) is 2.34. The molecule has 0 aliphatic carbocycles. The van der Waals surface area contributed by atoms with Crippen molar-refractivity contribution in [3.8, 4) is 0 Å². The first-order valence-corrected chi connectivity index (χ1v) is 5.23. The van der Waals surface area contributed by atoms with E-state index in [1.54, 1.807) is 6.08 Å². The van der Waals surface area contributed by atoms with E-state index in [4.69, 9.17) is 0 Å². The van der Waals surface area contributed by atoms with Crippen LogP contribution in [0.5, 0.6) is 0 Å². The van der Waals surface area contributed by atoms with Gasteiger partial charge >= 0.3 is 0 Å². The van der Waals surface area contributed by atoms with E-state index in [1.165, 1.54) is 12.4 Å². The Hall–Kier alpha value is -1.91. The van der Waals surface area contributed by atoms with Gasteiger partial charge in [0.15, 0.2) is 0 Å². The quantitative estimate of drug-likeness (QED) is 0.707. The highest BCUT2D eigenvalue weighted by molar-refractivity contribution is 5.93. The molecule has 0 unspecified atom stereocenters. The van der Waals surface area contributed by atoms with E-state index < -0.39 is 0 Å². The number of rotatable bonds is 6. The standard InChI is InChI=1S/C11H16N4O/c1-3-5-12-10(16)9-7-14-11(15-8-9)13-6-4-2/h3,7-8H,1,4-6H2,2H3,(H,12,16)(H,13,14,15). The Morgan fingerprint density at radius 2 is 2.19 bits per heavy atom. The number of nitrogens with one attached hydrogen (secondary N) is 2. The molecule has 1 aromatic heterocycles. The van der Waals surface area contributed by atoms with Gasteiger partial charge in [-0.2, -0.15) is 0 Å². The molecule has 86 valence electrons. The van der Waals surface area contributed by atoms with Crippen LogP contribution in [0.15, 0.2) is 25.0 Å². The Balaban J connectivity index is 2.56. The Kier molecular flexibility index (Phi) is 4.98. The summed E-state index contributed by atoms with van der Waals surface area (Å²) in [4.78, 5) is 19.5. The van der Waals surface area contributed by atoms with Crippen molar-refractivity contribution in [2.75, 3.05) is 18.4 Å². The minimum absolute atomic E-state index is 0.193. The zero-order chi connectivity index (χ0) is 11.8. The molecule has 0 radical (unpaired) electrons. The van der Waals surface area contributed by atoms with Gasteiger partial charge in [0.05, 0.1) is 5.56 Å². The maximum atomic E-state index is 11.5. The van der Waals surface area contributed by atoms with E-state index in [0.717, 1.165) is 13.0 Å². The number of anilines is 1. The van der Waals surface area contributed by atoms with Gasteiger partial charge in [0.1, 0.15) is 0 Å². The van der Waals surface area contributed by atoms with Gasteiger partial charge in [0, 0.05) is 25.5 Å². The maximum absolute atomic E-state index is 11.5. The fraction of sp³-hybridized carbons (Fsp3) is 0.364. The van der Waals surface area contributed by atoms with E-state index in [9.17, 15) is 4.79 Å². The third kappa shape index (κ3) is 3.68. The van der Waals surface area contributed by atoms with Crippen molar-refractivity contribution in [1.82, 2.24) is 15.3 Å². The van der Waals surface area contributed by atoms with Crippen LogP contribution in [0.1, 0.15) is 23.7 Å². The van der Waals surface area contributed by atoms with E-state index in [2.05, 4.69) is 34.1 Å². The third-order valence-corrected chi connectivity index (χ3v) is 1.85. The molecule has 1 amide bonds. The van der Waals surface area contributed by atoms with Crippen LogP contribution in [0.25, 0.3) is 0 Å². The molecule has 5 nitrogen and oxygen atoms in total. The van der Waals surface area contributed by atoms with E-state index in [0.29, 0.717) is 18.1 Å². The lowest BCUT2D eigenvalue weighted by atomic mass is 10.3. The summed E-state index contributed by atoms with van der Waals surface area (Å²) in [5.74, 6) is 0.351. The summed E-state index contributed by atoms with van der Waals surface area (Å²) in [5, 5.41) is 5.69. The Bertz CT molecular complexity index is 348. The van der Waals surface area contributed by atoms with Gasteiger partial charge in [-0.05, 0) is 6.42 Å². The Morgan fingerprint density at radius 1 is 1.50 bits per heavy atom. The molecule has 0 aliphatic rings. The van der Waals surface area contributed by atoms with Gasteiger partial charge in [-0.15, -0.1) is 6.58 Å². The van der Waals surface area contributed by atoms with Crippen molar-refractivity contribution >= 4 is 11.9 Å². The minimum atomic E-state index is -0.193. The summed E-state index contributed by atoms with van der Waals surface area (Å²) < 4.78 is 0. The number of amides is 1. The van der Waals surface area contributed by atoms with Gasteiger partial charge in [0.25, 0.3) is 5.91 Å². The van der Waals surface area contributed by atoms with E-state index >= 15 is 0 Å². The fourth-order valence-corrected chi connectivity index (χ4v) is 1.04. The van der Waals surface area contributed by atoms with Crippen molar-refractivity contribution in [3.63, 3.8) is 0 Å². The van der Waals surface area contributed by atoms with Gasteiger partial charge in [-0.25, -0.2) is 9.97 Å². The van der Waals surface area contributed by atoms with Crippen LogP contribution in [0, 0.1) is 0 Å². The SMILES string of the molecule is C=CCNC(=O)c1cnc(NCCC)nc1. The third-order valence-electron chi connectivity index (χ3n) is 1.85. The summed E-state index contributed by atoms with van der Waals surface area (Å²) >= 11 is 0. The second kappa shape index (κ2) is 6.55. The van der Waals surface area contributed by atoms with Crippen LogP contribution in [0.3, 0.4) is 0 Å². The lowest BCUT2D eigenvalue weighted by molar-refractivity contribution is 0.0957. The number of aromatic nitrogens is 2. The fourth-order valence-electron chi connectivity index (χ4n) is 1.04. The molecule has 0 saturated heterocycles. The predicted octanol–water partition coefficient (Wildman–Crippen LogP) is 1.21. The van der Waals surface area contributed by atoms with Crippen molar-refractivity contribution < 1.29 is 4.79 Å². The monoisotopic (exact) mass is 220 g/mol. The van der Waals surface area contributed by atoms with Gasteiger partial charge in [0.2, 0.25) is 5.95 Å². The number of carbonyl (C=O) groups is 1. The molecule has 0 atom stereocenters. The number of nitrogens with zero attached hydrogens (tertiary/aromatic N) is 2. The van der Waals surface area contributed by atoms with Crippen LogP contribution >= 0.6 is 0 Å². The summed E-state index contributed by atoms with van der Waals surface area (Å²) in [6.45, 7) is 6.84. The smallest absolute Gasteiger partial charge is 0.254 e. The largest absolute Gasteiger partial charge is 0.354 e. The zero-order valence-corrected chi connectivity index (χ0v) is 9.36. The molecule has 1 aromatic rings. The average molecular weight is 220 g/mol. The normalized spacial score (nSPS) is 9.56. The first-order chi connectivity index (χ1) is 7.77. The van der Waals surface area contributed by atoms with Crippen LogP contribution in [0.4, 0.5) is 5.95 Å². The maximum Gasteiger partial charge on any atom is 0.254 e. The van der Waals surface area contributed by atoms with Crippen LogP contribution in [-0.2, 0) is 0 Å². The highest BCUT2D eigenvalue weighted by Gasteiger charge is 2.05. The summed E-state index contributed by atoms with van der Waals surface area (Å²) in [7, 11) is 0. The molecule has 0 bridgehead atoms. The van der Waals surface area contributed by atoms with E-state index in [1.807, 2.05) is 0 Å². The number of hydrogen-bond acceptors (Lipinski definition) is 4. The summed E-state index contributed by atoms with van der Waals surface area (Å²) in [6, 6.07) is 0. The molecule has 1 rings (SSSR count). The second-order valence-corrected chi connectivity index (χ2v) is 3.22. The molecule has 0 aliphatic heterocycles. The predicted molar refractivity (Wildman–Crippen MR) is 63.3 cm³/mol. The summed E-state index contributed by atoms with van der Waals surface area (Å²) in [6.07, 6.45) is 5.63. The Labute approximate surface area is 95.0 Å². The lowest BCUT2D eigenvalue weighted by Crippen LogP contribution is -2.23. The topological polar surface area (TPSA) is 66.9 Å². The summed E-state index contributed by atoms with van der Waals surface area (Å²) in [5.41, 5.74) is 0.448. The molecule has 0 aromatic carbocycles. The Morgan fingerprint density at radius 3 is 2.75 bits per heavy atom. The molecular weight excluding hydrogens is 204 g/mol. The van der Waals surface area contributed by atoms with Crippen molar-refractivity contribution in [1.29, 1.82) is 0 Å². The van der Waals surface area contributed by atoms with Crippen molar-refractivity contribution in [2.24, 2.45) is 0 Å². The molecule has 0 saturated carbocycles. The van der Waals surface area contributed by atoms with Crippen LogP contribution in [-0.4, -0.2) is 29.0 Å². The minimum Gasteiger partial charge on any atom is -0.354 e. The molecule has 1 heterocycles. The van der Waals surface area contributed by atoms with Gasteiger partial charge in [-0.3, -0.25) is 4.79 Å². The van der Waals surface area contributed by atoms with Crippen LogP contribution in [0.2, 0.25) is 0 Å². The highest BCUT2D eigenvalue weighted by atomic mass is 16.1. The highest BCUT2D eigenvalue weighted by Crippen LogP contribution is 2.00. The molecule has 16 heavy (non-hydrogen) atoms. The molecule has 2 N–H and O–H groups in total. The number of carbonyl (C=O) groups excluding carboxylic acids is 1. The van der Waals surface area contributed by atoms with Crippen molar-refractivity contribution in [3.05, 3.63) is 30.6 Å². The first kappa shape index (κ1) is 12.2. The van der Waals surface area contributed by atoms with Crippen LogP contribution < -0.4 is 10.6 Å². The second-order valence-electron chi connectivity index (χ2n) is 3.22. The molecule has 5 heteroatoms. The zero-order valence-electron chi connectivity index (χ0n) is 9.36.